The van der Waals surface area contributed by atoms with E-state index in [9.17, 15) is 5.11 Å². The molecular formula is C16H30O3. The van der Waals surface area contributed by atoms with E-state index in [-0.39, 0.29) is 11.9 Å². The van der Waals surface area contributed by atoms with E-state index in [2.05, 4.69) is 13.8 Å². The largest absolute Gasteiger partial charge is 0.393 e. The summed E-state index contributed by atoms with van der Waals surface area (Å²) < 4.78 is 11.8. The summed E-state index contributed by atoms with van der Waals surface area (Å²) in [6.45, 7) is 5.95. The third kappa shape index (κ3) is 3.93. The molecule has 1 unspecified atom stereocenters. The second kappa shape index (κ2) is 7.05. The van der Waals surface area contributed by atoms with Crippen molar-refractivity contribution in [3.63, 3.8) is 0 Å². The summed E-state index contributed by atoms with van der Waals surface area (Å²) in [6.07, 6.45) is 8.68. The molecule has 1 N–H and O–H groups in total. The minimum Gasteiger partial charge on any atom is -0.393 e. The number of ether oxygens (including phenoxy) is 2. The first-order valence-corrected chi connectivity index (χ1v) is 8.13. The fraction of sp³-hybridized carbons (Fsp3) is 1.00. The molecule has 1 saturated heterocycles. The van der Waals surface area contributed by atoms with Crippen molar-refractivity contribution in [3.8, 4) is 0 Å². The molecule has 1 heterocycles. The first-order chi connectivity index (χ1) is 9.17. The zero-order chi connectivity index (χ0) is 13.7. The Kier molecular flexibility index (Phi) is 5.67. The Balaban J connectivity index is 1.82. The van der Waals surface area contributed by atoms with Crippen LogP contribution < -0.4 is 0 Å². The van der Waals surface area contributed by atoms with E-state index in [1.54, 1.807) is 0 Å². The van der Waals surface area contributed by atoms with Gasteiger partial charge in [-0.1, -0.05) is 26.7 Å². The first-order valence-electron chi connectivity index (χ1n) is 8.13. The molecule has 0 radical (unpaired) electrons. The highest BCUT2D eigenvalue weighted by Gasteiger charge is 2.39. The molecule has 1 aliphatic heterocycles. The van der Waals surface area contributed by atoms with Crippen LogP contribution in [0.15, 0.2) is 0 Å². The Morgan fingerprint density at radius 1 is 1.11 bits per heavy atom. The molecular weight excluding hydrogens is 240 g/mol. The van der Waals surface area contributed by atoms with Gasteiger partial charge in [-0.3, -0.25) is 0 Å². The Hall–Kier alpha value is -0.120. The molecule has 3 heteroatoms. The highest BCUT2D eigenvalue weighted by atomic mass is 16.7. The van der Waals surface area contributed by atoms with Crippen LogP contribution in [0.4, 0.5) is 0 Å². The normalized spacial score (nSPS) is 33.9. The topological polar surface area (TPSA) is 38.7 Å². The number of aliphatic hydroxyl groups excluding tert-OH is 1. The van der Waals surface area contributed by atoms with E-state index in [0.717, 1.165) is 45.3 Å². The number of hydrogen-bond donors (Lipinski definition) is 1. The molecule has 1 aliphatic carbocycles. The van der Waals surface area contributed by atoms with Crippen LogP contribution in [0.3, 0.4) is 0 Å². The van der Waals surface area contributed by atoms with E-state index in [4.69, 9.17) is 9.47 Å². The number of hydrogen-bond acceptors (Lipinski definition) is 3. The van der Waals surface area contributed by atoms with Gasteiger partial charge in [0.15, 0.2) is 5.79 Å². The van der Waals surface area contributed by atoms with Crippen molar-refractivity contribution in [3.05, 3.63) is 0 Å². The maximum absolute atomic E-state index is 10.0. The summed E-state index contributed by atoms with van der Waals surface area (Å²) in [5.74, 6) is 0.747. The van der Waals surface area contributed by atoms with Crippen LogP contribution in [0.5, 0.6) is 0 Å². The Labute approximate surface area is 117 Å². The minimum absolute atomic E-state index is 0.107. The quantitative estimate of drug-likeness (QED) is 0.720. The summed E-state index contributed by atoms with van der Waals surface area (Å²) in [4.78, 5) is 0. The van der Waals surface area contributed by atoms with Gasteiger partial charge in [0.1, 0.15) is 0 Å². The van der Waals surface area contributed by atoms with Crippen molar-refractivity contribution in [2.45, 2.75) is 77.1 Å². The predicted molar refractivity (Wildman–Crippen MR) is 75.9 cm³/mol. The SMILES string of the molecule is CCCCCC1(CC[C@@H]2C(C)CC[C@H]2O)OCCO1. The molecule has 0 bridgehead atoms. The van der Waals surface area contributed by atoms with Gasteiger partial charge in [-0.05, 0) is 37.5 Å². The standard InChI is InChI=1S/C16H30O3/c1-3-4-5-9-16(18-11-12-19-16)10-8-14-13(2)6-7-15(14)17/h13-15,17H,3-12H2,1-2H3/t13?,14-,15-/m1/s1. The van der Waals surface area contributed by atoms with Crippen molar-refractivity contribution in [2.75, 3.05) is 13.2 Å². The molecule has 2 aliphatic rings. The molecule has 2 fully saturated rings. The molecule has 3 nitrogen and oxygen atoms in total. The van der Waals surface area contributed by atoms with Crippen LogP contribution in [-0.4, -0.2) is 30.2 Å². The highest BCUT2D eigenvalue weighted by molar-refractivity contribution is 4.85. The summed E-state index contributed by atoms with van der Waals surface area (Å²) in [6, 6.07) is 0. The van der Waals surface area contributed by atoms with Gasteiger partial charge in [0.05, 0.1) is 19.3 Å². The van der Waals surface area contributed by atoms with Crippen LogP contribution in [-0.2, 0) is 9.47 Å². The average Bonchev–Trinajstić information content (AvgIpc) is 2.97. The van der Waals surface area contributed by atoms with Gasteiger partial charge in [-0.15, -0.1) is 0 Å². The van der Waals surface area contributed by atoms with Crippen molar-refractivity contribution in [1.29, 1.82) is 0 Å². The highest BCUT2D eigenvalue weighted by Crippen LogP contribution is 2.39. The fourth-order valence-corrected chi connectivity index (χ4v) is 3.66. The third-order valence-electron chi connectivity index (χ3n) is 4.98. The first kappa shape index (κ1) is 15.3. The van der Waals surface area contributed by atoms with Crippen molar-refractivity contribution in [2.24, 2.45) is 11.8 Å². The fourth-order valence-electron chi connectivity index (χ4n) is 3.66. The molecule has 112 valence electrons. The monoisotopic (exact) mass is 270 g/mol. The van der Waals surface area contributed by atoms with Crippen molar-refractivity contribution < 1.29 is 14.6 Å². The second-order valence-corrected chi connectivity index (χ2v) is 6.39. The Morgan fingerprint density at radius 3 is 2.42 bits per heavy atom. The molecule has 0 aromatic carbocycles. The van der Waals surface area contributed by atoms with Crippen LogP contribution in [0, 0.1) is 11.8 Å². The lowest BCUT2D eigenvalue weighted by Crippen LogP contribution is -2.32. The molecule has 2 rings (SSSR count). The van der Waals surface area contributed by atoms with E-state index >= 15 is 0 Å². The Bertz CT molecular complexity index is 251. The van der Waals surface area contributed by atoms with Crippen LogP contribution in [0.25, 0.3) is 0 Å². The minimum atomic E-state index is -0.336. The molecule has 0 spiro atoms. The summed E-state index contributed by atoms with van der Waals surface area (Å²) in [5, 5.41) is 10.0. The Morgan fingerprint density at radius 2 is 1.84 bits per heavy atom. The van der Waals surface area contributed by atoms with Gasteiger partial charge in [-0.2, -0.15) is 0 Å². The van der Waals surface area contributed by atoms with Gasteiger partial charge < -0.3 is 14.6 Å². The average molecular weight is 270 g/mol. The molecule has 0 aromatic heterocycles. The molecule has 0 amide bonds. The van der Waals surface area contributed by atoms with E-state index < -0.39 is 0 Å². The van der Waals surface area contributed by atoms with Gasteiger partial charge in [-0.25, -0.2) is 0 Å². The lowest BCUT2D eigenvalue weighted by molar-refractivity contribution is -0.171. The molecule has 19 heavy (non-hydrogen) atoms. The van der Waals surface area contributed by atoms with Crippen molar-refractivity contribution >= 4 is 0 Å². The molecule has 1 saturated carbocycles. The van der Waals surface area contributed by atoms with Gasteiger partial charge in [0.25, 0.3) is 0 Å². The van der Waals surface area contributed by atoms with Crippen molar-refractivity contribution in [1.82, 2.24) is 0 Å². The van der Waals surface area contributed by atoms with Crippen LogP contribution >= 0.6 is 0 Å². The van der Waals surface area contributed by atoms with E-state index in [1.807, 2.05) is 0 Å². The smallest absolute Gasteiger partial charge is 0.168 e. The molecule has 3 atom stereocenters. The number of aliphatic hydroxyl groups is 1. The molecule has 0 aromatic rings. The van der Waals surface area contributed by atoms with Gasteiger partial charge in [0, 0.05) is 12.8 Å². The van der Waals surface area contributed by atoms with E-state index in [1.165, 1.54) is 19.3 Å². The predicted octanol–water partition coefficient (Wildman–Crippen LogP) is 3.50. The lowest BCUT2D eigenvalue weighted by Gasteiger charge is -2.30. The summed E-state index contributed by atoms with van der Waals surface area (Å²) >= 11 is 0. The lowest BCUT2D eigenvalue weighted by atomic mass is 9.88. The van der Waals surface area contributed by atoms with Crippen LogP contribution in [0.2, 0.25) is 0 Å². The zero-order valence-corrected chi connectivity index (χ0v) is 12.6. The maximum atomic E-state index is 10.0. The van der Waals surface area contributed by atoms with Gasteiger partial charge >= 0.3 is 0 Å². The summed E-state index contributed by atoms with van der Waals surface area (Å²) in [7, 11) is 0. The van der Waals surface area contributed by atoms with Gasteiger partial charge in [0.2, 0.25) is 0 Å². The zero-order valence-electron chi connectivity index (χ0n) is 12.6. The van der Waals surface area contributed by atoms with Crippen LogP contribution in [0.1, 0.15) is 65.2 Å². The number of rotatable bonds is 7. The van der Waals surface area contributed by atoms with E-state index in [0.29, 0.717) is 11.8 Å². The third-order valence-corrected chi connectivity index (χ3v) is 4.98. The summed E-state index contributed by atoms with van der Waals surface area (Å²) in [5.41, 5.74) is 0. The second-order valence-electron chi connectivity index (χ2n) is 6.39. The maximum Gasteiger partial charge on any atom is 0.168 e. The number of unbranched alkanes of at least 4 members (excludes halogenated alkanes) is 2.